The molecule has 0 spiro atoms. The quantitative estimate of drug-likeness (QED) is 0.718. The minimum absolute atomic E-state index is 0.203. The second-order valence-electron chi connectivity index (χ2n) is 6.80. The lowest BCUT2D eigenvalue weighted by molar-refractivity contribution is 0.0894. The van der Waals surface area contributed by atoms with Crippen molar-refractivity contribution in [1.82, 2.24) is 10.3 Å². The fourth-order valence-electron chi connectivity index (χ4n) is 3.40. The van der Waals surface area contributed by atoms with Gasteiger partial charge in [0.25, 0.3) is 5.91 Å². The van der Waals surface area contributed by atoms with Gasteiger partial charge in [0.2, 0.25) is 5.76 Å². The van der Waals surface area contributed by atoms with Crippen LogP contribution < -0.4 is 10.1 Å². The minimum Gasteiger partial charge on any atom is -0.493 e. The number of hydrogen-bond acceptors (Lipinski definition) is 4. The van der Waals surface area contributed by atoms with E-state index >= 15 is 0 Å². The lowest BCUT2D eigenvalue weighted by atomic mass is 9.95. The molecule has 0 fully saturated rings. The monoisotopic (exact) mass is 380 g/mol. The van der Waals surface area contributed by atoms with E-state index in [-0.39, 0.29) is 23.5 Å². The molecule has 0 aliphatic carbocycles. The number of carbonyl (C=O) groups excluding carboxylic acids is 1. The summed E-state index contributed by atoms with van der Waals surface area (Å²) in [7, 11) is 0. The Bertz CT molecular complexity index is 1010. The molecule has 1 N–H and O–H groups in total. The molecule has 1 unspecified atom stereocenters. The zero-order valence-corrected chi connectivity index (χ0v) is 15.8. The van der Waals surface area contributed by atoms with E-state index in [1.807, 2.05) is 25.1 Å². The highest BCUT2D eigenvalue weighted by Gasteiger charge is 2.26. The first-order valence-corrected chi connectivity index (χ1v) is 9.35. The molecular formula is C22H21FN2O3. The number of aromatic nitrogens is 1. The Morgan fingerprint density at radius 1 is 1.21 bits per heavy atom. The summed E-state index contributed by atoms with van der Waals surface area (Å²) in [4.78, 5) is 17.0. The standard InChI is InChI=1S/C22H21FN2O3/c1-3-20-24-13(2)21(28-20)22(26)25-18-10-11-27-19-9-6-15(12-17(18)19)14-4-7-16(23)8-5-14/h4-9,12,18H,3,10-11H2,1-2H3,(H,25,26). The van der Waals surface area contributed by atoms with Gasteiger partial charge in [0.05, 0.1) is 18.3 Å². The van der Waals surface area contributed by atoms with Crippen molar-refractivity contribution < 1.29 is 18.3 Å². The van der Waals surface area contributed by atoms with Gasteiger partial charge < -0.3 is 14.5 Å². The summed E-state index contributed by atoms with van der Waals surface area (Å²) in [6, 6.07) is 11.9. The lowest BCUT2D eigenvalue weighted by Gasteiger charge is -2.27. The number of benzene rings is 2. The third-order valence-electron chi connectivity index (χ3n) is 4.88. The number of hydrogen-bond donors (Lipinski definition) is 1. The Kier molecular flexibility index (Phi) is 4.86. The maximum absolute atomic E-state index is 13.2. The molecule has 3 aromatic rings. The Morgan fingerprint density at radius 3 is 2.68 bits per heavy atom. The number of nitrogens with zero attached hydrogens (tertiary/aromatic N) is 1. The molecule has 1 amide bonds. The number of halogens is 1. The molecule has 4 rings (SSSR count). The van der Waals surface area contributed by atoms with E-state index in [1.54, 1.807) is 19.1 Å². The molecule has 0 saturated heterocycles. The normalized spacial score (nSPS) is 15.6. The number of aryl methyl sites for hydroxylation is 2. The van der Waals surface area contributed by atoms with Gasteiger partial charge in [-0.1, -0.05) is 25.1 Å². The fourth-order valence-corrected chi connectivity index (χ4v) is 3.40. The number of nitrogens with one attached hydrogen (secondary N) is 1. The molecule has 0 saturated carbocycles. The molecule has 1 aliphatic heterocycles. The van der Waals surface area contributed by atoms with Crippen LogP contribution in [-0.2, 0) is 6.42 Å². The first-order chi connectivity index (χ1) is 13.5. The van der Waals surface area contributed by atoms with Gasteiger partial charge in [-0.25, -0.2) is 9.37 Å². The maximum Gasteiger partial charge on any atom is 0.289 e. The molecule has 2 aromatic carbocycles. The van der Waals surface area contributed by atoms with Crippen LogP contribution in [0.1, 0.15) is 47.1 Å². The highest BCUT2D eigenvalue weighted by molar-refractivity contribution is 5.92. The molecular weight excluding hydrogens is 359 g/mol. The summed E-state index contributed by atoms with van der Waals surface area (Å²) < 4.78 is 24.5. The molecule has 6 heteroatoms. The minimum atomic E-state index is -0.283. The first kappa shape index (κ1) is 18.2. The zero-order valence-electron chi connectivity index (χ0n) is 15.8. The van der Waals surface area contributed by atoms with Crippen molar-refractivity contribution in [3.05, 3.63) is 71.2 Å². The van der Waals surface area contributed by atoms with Crippen LogP contribution in [0.15, 0.2) is 46.9 Å². The molecule has 0 radical (unpaired) electrons. The van der Waals surface area contributed by atoms with Gasteiger partial charge in [-0.3, -0.25) is 4.79 Å². The van der Waals surface area contributed by atoms with Crippen LogP contribution in [-0.4, -0.2) is 17.5 Å². The molecule has 28 heavy (non-hydrogen) atoms. The SMILES string of the molecule is CCc1nc(C)c(C(=O)NC2CCOc3ccc(-c4ccc(F)cc4)cc32)o1. The van der Waals surface area contributed by atoms with E-state index in [9.17, 15) is 9.18 Å². The van der Waals surface area contributed by atoms with Crippen LogP contribution in [0.5, 0.6) is 5.75 Å². The third kappa shape index (κ3) is 3.50. The van der Waals surface area contributed by atoms with Crippen LogP contribution in [0, 0.1) is 12.7 Å². The van der Waals surface area contributed by atoms with Crippen molar-refractivity contribution in [2.75, 3.05) is 6.61 Å². The zero-order chi connectivity index (χ0) is 19.7. The van der Waals surface area contributed by atoms with Crippen LogP contribution >= 0.6 is 0 Å². The van der Waals surface area contributed by atoms with Crippen molar-refractivity contribution >= 4 is 5.91 Å². The Labute approximate surface area is 162 Å². The van der Waals surface area contributed by atoms with Gasteiger partial charge in [0, 0.05) is 18.4 Å². The first-order valence-electron chi connectivity index (χ1n) is 9.35. The molecule has 5 nitrogen and oxygen atoms in total. The average molecular weight is 380 g/mol. The second kappa shape index (κ2) is 7.46. The number of fused-ring (bicyclic) bond motifs is 1. The maximum atomic E-state index is 13.2. The van der Waals surface area contributed by atoms with Gasteiger partial charge in [-0.05, 0) is 42.3 Å². The van der Waals surface area contributed by atoms with Crippen molar-refractivity contribution in [2.45, 2.75) is 32.7 Å². The number of oxazole rings is 1. The number of rotatable bonds is 4. The van der Waals surface area contributed by atoms with Crippen molar-refractivity contribution in [3.63, 3.8) is 0 Å². The topological polar surface area (TPSA) is 64.4 Å². The molecule has 1 atom stereocenters. The molecule has 2 heterocycles. The van der Waals surface area contributed by atoms with Crippen LogP contribution in [0.4, 0.5) is 4.39 Å². The Morgan fingerprint density at radius 2 is 1.96 bits per heavy atom. The lowest BCUT2D eigenvalue weighted by Crippen LogP contribution is -2.32. The number of amides is 1. The summed E-state index contributed by atoms with van der Waals surface area (Å²) in [5.41, 5.74) is 3.32. The Balaban J connectivity index is 1.62. The summed E-state index contributed by atoms with van der Waals surface area (Å²) in [6.07, 6.45) is 1.29. The van der Waals surface area contributed by atoms with E-state index in [2.05, 4.69) is 10.3 Å². The molecule has 0 bridgehead atoms. The summed E-state index contributed by atoms with van der Waals surface area (Å²) in [5, 5.41) is 3.04. The van der Waals surface area contributed by atoms with E-state index in [0.717, 1.165) is 22.4 Å². The average Bonchev–Trinajstić information content (AvgIpc) is 3.09. The van der Waals surface area contributed by atoms with E-state index in [4.69, 9.17) is 9.15 Å². The second-order valence-corrected chi connectivity index (χ2v) is 6.80. The molecule has 144 valence electrons. The van der Waals surface area contributed by atoms with Crippen LogP contribution in [0.3, 0.4) is 0 Å². The Hall–Kier alpha value is -3.15. The van der Waals surface area contributed by atoms with Gasteiger partial charge in [0.1, 0.15) is 11.6 Å². The predicted molar refractivity (Wildman–Crippen MR) is 103 cm³/mol. The summed E-state index contributed by atoms with van der Waals surface area (Å²) >= 11 is 0. The van der Waals surface area contributed by atoms with E-state index < -0.39 is 0 Å². The van der Waals surface area contributed by atoms with Crippen molar-refractivity contribution in [1.29, 1.82) is 0 Å². The summed E-state index contributed by atoms with van der Waals surface area (Å²) in [5.74, 6) is 0.984. The third-order valence-corrected chi connectivity index (χ3v) is 4.88. The van der Waals surface area contributed by atoms with Crippen LogP contribution in [0.2, 0.25) is 0 Å². The largest absolute Gasteiger partial charge is 0.493 e. The smallest absolute Gasteiger partial charge is 0.289 e. The fraction of sp³-hybridized carbons (Fsp3) is 0.273. The molecule has 1 aromatic heterocycles. The van der Waals surface area contributed by atoms with Crippen LogP contribution in [0.25, 0.3) is 11.1 Å². The number of carbonyl (C=O) groups is 1. The molecule has 1 aliphatic rings. The van der Waals surface area contributed by atoms with Gasteiger partial charge in [-0.2, -0.15) is 0 Å². The van der Waals surface area contributed by atoms with Crippen molar-refractivity contribution in [2.24, 2.45) is 0 Å². The van der Waals surface area contributed by atoms with Crippen molar-refractivity contribution in [3.8, 4) is 16.9 Å². The highest BCUT2D eigenvalue weighted by atomic mass is 19.1. The summed E-state index contributed by atoms with van der Waals surface area (Å²) in [6.45, 7) is 4.21. The van der Waals surface area contributed by atoms with E-state index in [0.29, 0.717) is 31.0 Å². The van der Waals surface area contributed by atoms with Gasteiger partial charge >= 0.3 is 0 Å². The van der Waals surface area contributed by atoms with Gasteiger partial charge in [-0.15, -0.1) is 0 Å². The van der Waals surface area contributed by atoms with Gasteiger partial charge in [0.15, 0.2) is 5.89 Å². The number of ether oxygens (including phenoxy) is 1. The predicted octanol–water partition coefficient (Wildman–Crippen LogP) is 4.61. The highest BCUT2D eigenvalue weighted by Crippen LogP contribution is 2.35. The van der Waals surface area contributed by atoms with E-state index in [1.165, 1.54) is 12.1 Å².